The van der Waals surface area contributed by atoms with Gasteiger partial charge in [0.25, 0.3) is 0 Å². The van der Waals surface area contributed by atoms with Gasteiger partial charge in [0, 0.05) is 26.6 Å². The quantitative estimate of drug-likeness (QED) is 0.650. The third-order valence-electron chi connectivity index (χ3n) is 1.42. The van der Waals surface area contributed by atoms with Gasteiger partial charge in [-0.05, 0) is 6.92 Å². The van der Waals surface area contributed by atoms with Crippen LogP contribution in [0.5, 0.6) is 0 Å². The smallest absolute Gasteiger partial charge is 0.236 e. The largest absolute Gasteiger partial charge is 0.356 e. The van der Waals surface area contributed by atoms with Gasteiger partial charge in [-0.1, -0.05) is 0 Å². The van der Waals surface area contributed by atoms with E-state index in [1.54, 1.807) is 7.05 Å². The van der Waals surface area contributed by atoms with Crippen LogP contribution in [0, 0.1) is 0 Å². The molecule has 1 amide bonds. The van der Waals surface area contributed by atoms with E-state index >= 15 is 0 Å². The standard InChI is InChI=1S/C7H16N2O3S/c1-4-8-7(10)5-6-9(2)13(11)12-3/h4-6H2,1-3H3,(H,8,10). The van der Waals surface area contributed by atoms with E-state index < -0.39 is 11.3 Å². The molecule has 0 spiro atoms. The number of rotatable bonds is 6. The first kappa shape index (κ1) is 12.5. The van der Waals surface area contributed by atoms with Crippen molar-refractivity contribution in [2.45, 2.75) is 13.3 Å². The van der Waals surface area contributed by atoms with Crippen molar-refractivity contribution in [1.29, 1.82) is 0 Å². The van der Waals surface area contributed by atoms with Crippen LogP contribution in [0.4, 0.5) is 0 Å². The molecule has 1 atom stereocenters. The minimum absolute atomic E-state index is 0.0394. The van der Waals surface area contributed by atoms with E-state index in [1.165, 1.54) is 11.4 Å². The first-order valence-corrected chi connectivity index (χ1v) is 5.09. The van der Waals surface area contributed by atoms with E-state index in [-0.39, 0.29) is 5.91 Å². The van der Waals surface area contributed by atoms with Gasteiger partial charge in [-0.25, -0.2) is 8.51 Å². The lowest BCUT2D eigenvalue weighted by molar-refractivity contribution is -0.121. The van der Waals surface area contributed by atoms with Crippen molar-refractivity contribution in [3.8, 4) is 0 Å². The molecular formula is C7H16N2O3S. The first-order valence-electron chi connectivity index (χ1n) is 4.06. The molecule has 0 radical (unpaired) electrons. The Morgan fingerprint density at radius 1 is 1.62 bits per heavy atom. The van der Waals surface area contributed by atoms with Gasteiger partial charge >= 0.3 is 0 Å². The van der Waals surface area contributed by atoms with Crippen LogP contribution in [-0.4, -0.2) is 41.7 Å². The summed E-state index contributed by atoms with van der Waals surface area (Å²) < 4.78 is 17.0. The van der Waals surface area contributed by atoms with Crippen LogP contribution < -0.4 is 5.32 Å². The lowest BCUT2D eigenvalue weighted by Gasteiger charge is -2.12. The Bertz CT molecular complexity index is 187. The Morgan fingerprint density at radius 2 is 2.23 bits per heavy atom. The molecule has 0 heterocycles. The van der Waals surface area contributed by atoms with Crippen LogP contribution in [0.15, 0.2) is 0 Å². The van der Waals surface area contributed by atoms with Crippen LogP contribution >= 0.6 is 0 Å². The van der Waals surface area contributed by atoms with Crippen molar-refractivity contribution in [3.05, 3.63) is 0 Å². The van der Waals surface area contributed by atoms with Crippen LogP contribution in [0.1, 0.15) is 13.3 Å². The second kappa shape index (κ2) is 6.99. The summed E-state index contributed by atoms with van der Waals surface area (Å²) in [6.07, 6.45) is 0.333. The van der Waals surface area contributed by atoms with Crippen molar-refractivity contribution >= 4 is 17.2 Å². The van der Waals surface area contributed by atoms with Crippen molar-refractivity contribution < 1.29 is 13.2 Å². The summed E-state index contributed by atoms with van der Waals surface area (Å²) in [5.41, 5.74) is 0. The number of nitrogens with one attached hydrogen (secondary N) is 1. The van der Waals surface area contributed by atoms with E-state index in [2.05, 4.69) is 9.50 Å². The summed E-state index contributed by atoms with van der Waals surface area (Å²) in [4.78, 5) is 11.0. The third-order valence-corrected chi connectivity index (χ3v) is 2.40. The van der Waals surface area contributed by atoms with Crippen LogP contribution in [0.3, 0.4) is 0 Å². The zero-order valence-electron chi connectivity index (χ0n) is 8.20. The van der Waals surface area contributed by atoms with Gasteiger partial charge in [-0.3, -0.25) is 8.98 Å². The third kappa shape index (κ3) is 5.73. The Balaban J connectivity index is 3.63. The molecule has 1 N–H and O–H groups in total. The van der Waals surface area contributed by atoms with E-state index in [4.69, 9.17) is 0 Å². The summed E-state index contributed by atoms with van der Waals surface area (Å²) in [6, 6.07) is 0. The van der Waals surface area contributed by atoms with Crippen molar-refractivity contribution in [2.24, 2.45) is 0 Å². The molecule has 0 aromatic rings. The van der Waals surface area contributed by atoms with Crippen LogP contribution in [0.25, 0.3) is 0 Å². The average molecular weight is 208 g/mol. The first-order chi connectivity index (χ1) is 6.11. The maximum absolute atomic E-state index is 11.0. The van der Waals surface area contributed by atoms with Gasteiger partial charge in [-0.2, -0.15) is 0 Å². The fraction of sp³-hybridized carbons (Fsp3) is 0.857. The molecule has 13 heavy (non-hydrogen) atoms. The second-order valence-electron chi connectivity index (χ2n) is 2.44. The maximum atomic E-state index is 11.0. The van der Waals surface area contributed by atoms with Gasteiger partial charge in [0.2, 0.25) is 17.2 Å². The zero-order chi connectivity index (χ0) is 10.3. The number of amides is 1. The predicted molar refractivity (Wildman–Crippen MR) is 51.1 cm³/mol. The summed E-state index contributed by atoms with van der Waals surface area (Å²) in [7, 11) is 3.00. The van der Waals surface area contributed by atoms with Crippen molar-refractivity contribution in [2.75, 3.05) is 27.2 Å². The Hall–Kier alpha value is -0.460. The maximum Gasteiger partial charge on any atom is 0.236 e. The van der Waals surface area contributed by atoms with E-state index in [9.17, 15) is 9.00 Å². The van der Waals surface area contributed by atoms with Crippen molar-refractivity contribution in [1.82, 2.24) is 9.62 Å². The van der Waals surface area contributed by atoms with Gasteiger partial charge in [0.05, 0.1) is 7.11 Å². The number of nitrogens with zero attached hydrogens (tertiary/aromatic N) is 1. The predicted octanol–water partition coefficient (Wildman–Crippen LogP) is -0.330. The number of carbonyl (C=O) groups excluding carboxylic acids is 1. The zero-order valence-corrected chi connectivity index (χ0v) is 9.02. The fourth-order valence-electron chi connectivity index (χ4n) is 0.746. The summed E-state index contributed by atoms with van der Waals surface area (Å²) >= 11 is -1.44. The topological polar surface area (TPSA) is 58.6 Å². The second-order valence-corrected chi connectivity index (χ2v) is 3.83. The van der Waals surface area contributed by atoms with E-state index in [0.29, 0.717) is 19.5 Å². The van der Waals surface area contributed by atoms with Crippen LogP contribution in [-0.2, 0) is 20.2 Å². The summed E-state index contributed by atoms with van der Waals surface area (Å²) in [6.45, 7) is 2.90. The molecule has 0 aromatic heterocycles. The van der Waals surface area contributed by atoms with Crippen molar-refractivity contribution in [3.63, 3.8) is 0 Å². The van der Waals surface area contributed by atoms with Gasteiger partial charge in [-0.15, -0.1) is 0 Å². The monoisotopic (exact) mass is 208 g/mol. The highest BCUT2D eigenvalue weighted by Crippen LogP contribution is 1.93. The molecule has 0 aliphatic heterocycles. The molecular weight excluding hydrogens is 192 g/mol. The molecule has 0 aliphatic rings. The minimum Gasteiger partial charge on any atom is -0.356 e. The molecule has 0 bridgehead atoms. The lowest BCUT2D eigenvalue weighted by Crippen LogP contribution is -2.29. The number of carbonyl (C=O) groups is 1. The molecule has 6 heteroatoms. The normalized spacial score (nSPS) is 12.9. The molecule has 0 aliphatic carbocycles. The molecule has 1 unspecified atom stereocenters. The average Bonchev–Trinajstić information content (AvgIpc) is 2.13. The molecule has 0 rings (SSSR count). The molecule has 78 valence electrons. The van der Waals surface area contributed by atoms with Gasteiger partial charge in [0.15, 0.2) is 0 Å². The molecule has 0 saturated carbocycles. The van der Waals surface area contributed by atoms with Gasteiger partial charge in [0.1, 0.15) is 0 Å². The lowest BCUT2D eigenvalue weighted by atomic mass is 10.4. The molecule has 0 saturated heterocycles. The van der Waals surface area contributed by atoms with Crippen LogP contribution in [0.2, 0.25) is 0 Å². The van der Waals surface area contributed by atoms with E-state index in [0.717, 1.165) is 0 Å². The van der Waals surface area contributed by atoms with E-state index in [1.807, 2.05) is 6.92 Å². The summed E-state index contributed by atoms with van der Waals surface area (Å²) in [5, 5.41) is 2.65. The summed E-state index contributed by atoms with van der Waals surface area (Å²) in [5.74, 6) is -0.0394. The molecule has 5 nitrogen and oxygen atoms in total. The highest BCUT2D eigenvalue weighted by molar-refractivity contribution is 7.77. The minimum atomic E-state index is -1.44. The Morgan fingerprint density at radius 3 is 2.69 bits per heavy atom. The molecule has 0 aromatic carbocycles. The Kier molecular flexibility index (Phi) is 6.75. The highest BCUT2D eigenvalue weighted by atomic mass is 32.2. The SMILES string of the molecule is CCNC(=O)CCN(C)S(=O)OC. The fourth-order valence-corrected chi connectivity index (χ4v) is 1.24. The number of hydrogen-bond donors (Lipinski definition) is 1. The molecule has 0 fully saturated rings. The number of hydrogen-bond acceptors (Lipinski definition) is 3. The van der Waals surface area contributed by atoms with Gasteiger partial charge < -0.3 is 5.32 Å². The Labute approximate surface area is 81.2 Å². The highest BCUT2D eigenvalue weighted by Gasteiger charge is 2.08.